The highest BCUT2D eigenvalue weighted by atomic mass is 16.2. The number of nitrogens with zero attached hydrogens (tertiary/aromatic N) is 2. The van der Waals surface area contributed by atoms with E-state index in [9.17, 15) is 4.79 Å². The minimum Gasteiger partial charge on any atom is -0.337 e. The van der Waals surface area contributed by atoms with Crippen LogP contribution < -0.4 is 11.1 Å². The van der Waals surface area contributed by atoms with E-state index in [0.717, 1.165) is 6.54 Å². The summed E-state index contributed by atoms with van der Waals surface area (Å²) in [6.07, 6.45) is 0. The number of nitrogens with one attached hydrogen (secondary N) is 1. The van der Waals surface area contributed by atoms with Crippen molar-refractivity contribution in [3.05, 3.63) is 0 Å². The van der Waals surface area contributed by atoms with Crippen molar-refractivity contribution in [2.75, 3.05) is 26.7 Å². The number of likely N-dealkylation sites (N-methyl/N-ethyl adjacent to an activating group) is 1. The molecule has 0 fully saturated rings. The van der Waals surface area contributed by atoms with Crippen molar-refractivity contribution in [3.8, 4) is 6.07 Å². The second-order valence-corrected chi connectivity index (χ2v) is 6.56. The molecule has 5 heteroatoms. The first kappa shape index (κ1) is 17.9. The average molecular weight is 268 g/mol. The molecule has 0 rings (SSSR count). The van der Waals surface area contributed by atoms with Crippen molar-refractivity contribution >= 4 is 5.91 Å². The molecule has 3 N–H and O–H groups in total. The largest absolute Gasteiger partial charge is 0.337 e. The van der Waals surface area contributed by atoms with Gasteiger partial charge in [0.2, 0.25) is 5.91 Å². The Bertz CT molecular complexity index is 346. The van der Waals surface area contributed by atoms with Crippen LogP contribution in [0.4, 0.5) is 0 Å². The lowest BCUT2D eigenvalue weighted by atomic mass is 9.90. The van der Waals surface area contributed by atoms with Gasteiger partial charge in [0.25, 0.3) is 0 Å². The van der Waals surface area contributed by atoms with Gasteiger partial charge in [-0.1, -0.05) is 27.7 Å². The Morgan fingerprint density at radius 3 is 2.32 bits per heavy atom. The lowest BCUT2D eigenvalue weighted by Gasteiger charge is -2.31. The number of hydrogen-bond donors (Lipinski definition) is 2. The van der Waals surface area contributed by atoms with E-state index < -0.39 is 5.54 Å². The number of carbonyl (C=O) groups excluding carboxylic acids is 1. The van der Waals surface area contributed by atoms with Crippen LogP contribution in [0.25, 0.3) is 0 Å². The molecule has 19 heavy (non-hydrogen) atoms. The Labute approximate surface area is 117 Å². The molecular formula is C14H28N4O. The van der Waals surface area contributed by atoms with Crippen LogP contribution >= 0.6 is 0 Å². The Hall–Kier alpha value is -1.12. The standard InChI is InChI=1S/C14H28N4O/c1-11(2)14(5,9-16)17-12(19)7-18(6)10-13(3,4)8-15/h11H,7-8,10,15H2,1-6H3,(H,17,19). The summed E-state index contributed by atoms with van der Waals surface area (Å²) in [5.74, 6) is -0.0692. The van der Waals surface area contributed by atoms with Gasteiger partial charge < -0.3 is 11.1 Å². The fourth-order valence-electron chi connectivity index (χ4n) is 1.73. The number of amides is 1. The molecule has 0 saturated heterocycles. The third-order valence-electron chi connectivity index (χ3n) is 3.45. The van der Waals surface area contributed by atoms with Gasteiger partial charge in [-0.2, -0.15) is 5.26 Å². The molecule has 0 spiro atoms. The van der Waals surface area contributed by atoms with Crippen LogP contribution in [-0.4, -0.2) is 43.0 Å². The molecule has 0 bridgehead atoms. The fourth-order valence-corrected chi connectivity index (χ4v) is 1.73. The molecular weight excluding hydrogens is 240 g/mol. The van der Waals surface area contributed by atoms with E-state index >= 15 is 0 Å². The molecule has 0 aromatic rings. The van der Waals surface area contributed by atoms with Crippen molar-refractivity contribution in [3.63, 3.8) is 0 Å². The normalized spacial score (nSPS) is 15.2. The first-order valence-corrected chi connectivity index (χ1v) is 6.67. The molecule has 0 aliphatic rings. The lowest BCUT2D eigenvalue weighted by molar-refractivity contribution is -0.123. The Balaban J connectivity index is 4.44. The van der Waals surface area contributed by atoms with Crippen molar-refractivity contribution in [2.24, 2.45) is 17.1 Å². The van der Waals surface area contributed by atoms with Gasteiger partial charge in [-0.15, -0.1) is 0 Å². The van der Waals surface area contributed by atoms with Crippen LogP contribution in [-0.2, 0) is 4.79 Å². The number of nitrogens with two attached hydrogens (primary N) is 1. The zero-order chi connectivity index (χ0) is 15.3. The predicted molar refractivity (Wildman–Crippen MR) is 77.3 cm³/mol. The summed E-state index contributed by atoms with van der Waals surface area (Å²) < 4.78 is 0. The summed E-state index contributed by atoms with van der Waals surface area (Å²) in [5.41, 5.74) is 4.84. The summed E-state index contributed by atoms with van der Waals surface area (Å²) in [6, 6.07) is 2.17. The second-order valence-electron chi connectivity index (χ2n) is 6.56. The topological polar surface area (TPSA) is 82.2 Å². The minimum atomic E-state index is -0.818. The fraction of sp³-hybridized carbons (Fsp3) is 0.857. The molecule has 0 aromatic carbocycles. The minimum absolute atomic E-state index is 0.0222. The van der Waals surface area contributed by atoms with E-state index in [-0.39, 0.29) is 23.8 Å². The molecule has 1 atom stereocenters. The predicted octanol–water partition coefficient (Wildman–Crippen LogP) is 0.958. The van der Waals surface area contributed by atoms with E-state index in [1.165, 1.54) is 0 Å². The van der Waals surface area contributed by atoms with Crippen molar-refractivity contribution in [2.45, 2.75) is 40.2 Å². The molecule has 1 amide bonds. The van der Waals surface area contributed by atoms with Crippen LogP contribution in [0.3, 0.4) is 0 Å². The monoisotopic (exact) mass is 268 g/mol. The molecule has 1 unspecified atom stereocenters. The molecule has 0 aliphatic carbocycles. The molecule has 0 radical (unpaired) electrons. The number of carbonyl (C=O) groups is 1. The van der Waals surface area contributed by atoms with Gasteiger partial charge in [0.1, 0.15) is 5.54 Å². The summed E-state index contributed by atoms with van der Waals surface area (Å²) in [4.78, 5) is 13.9. The zero-order valence-corrected chi connectivity index (χ0v) is 13.1. The van der Waals surface area contributed by atoms with Crippen LogP contribution in [0.1, 0.15) is 34.6 Å². The van der Waals surface area contributed by atoms with Gasteiger partial charge >= 0.3 is 0 Å². The third-order valence-corrected chi connectivity index (χ3v) is 3.45. The van der Waals surface area contributed by atoms with Crippen LogP contribution in [0, 0.1) is 22.7 Å². The van der Waals surface area contributed by atoms with Gasteiger partial charge in [-0.05, 0) is 31.8 Å². The van der Waals surface area contributed by atoms with Gasteiger partial charge in [-0.3, -0.25) is 9.69 Å². The van der Waals surface area contributed by atoms with E-state index in [2.05, 4.69) is 25.2 Å². The molecule has 0 saturated carbocycles. The Kier molecular flexibility index (Phi) is 6.47. The molecule has 0 aromatic heterocycles. The smallest absolute Gasteiger partial charge is 0.235 e. The molecule has 0 aliphatic heterocycles. The highest BCUT2D eigenvalue weighted by molar-refractivity contribution is 5.79. The van der Waals surface area contributed by atoms with Gasteiger partial charge in [0.05, 0.1) is 12.6 Å². The maximum Gasteiger partial charge on any atom is 0.235 e. The highest BCUT2D eigenvalue weighted by Crippen LogP contribution is 2.16. The average Bonchev–Trinajstić information content (AvgIpc) is 2.27. The van der Waals surface area contributed by atoms with E-state index in [0.29, 0.717) is 6.54 Å². The van der Waals surface area contributed by atoms with Crippen LogP contribution in [0.5, 0.6) is 0 Å². The molecule has 110 valence electrons. The van der Waals surface area contributed by atoms with Crippen molar-refractivity contribution in [1.82, 2.24) is 10.2 Å². The maximum absolute atomic E-state index is 12.0. The summed E-state index contributed by atoms with van der Waals surface area (Å²) in [7, 11) is 1.88. The van der Waals surface area contributed by atoms with E-state index in [1.807, 2.05) is 25.8 Å². The van der Waals surface area contributed by atoms with E-state index in [4.69, 9.17) is 11.0 Å². The van der Waals surface area contributed by atoms with Crippen molar-refractivity contribution in [1.29, 1.82) is 5.26 Å². The first-order chi connectivity index (χ1) is 8.56. The summed E-state index contributed by atoms with van der Waals surface area (Å²) in [6.45, 7) is 11.3. The lowest BCUT2D eigenvalue weighted by Crippen LogP contribution is -2.52. The summed E-state index contributed by atoms with van der Waals surface area (Å²) in [5, 5.41) is 12.0. The van der Waals surface area contributed by atoms with E-state index in [1.54, 1.807) is 6.92 Å². The second kappa shape index (κ2) is 6.88. The van der Waals surface area contributed by atoms with Crippen molar-refractivity contribution < 1.29 is 4.79 Å². The maximum atomic E-state index is 12.0. The SMILES string of the molecule is CC(C)C(C)(C#N)NC(=O)CN(C)CC(C)(C)CN. The van der Waals surface area contributed by atoms with Gasteiger partial charge in [0.15, 0.2) is 0 Å². The third kappa shape index (κ3) is 6.04. The van der Waals surface area contributed by atoms with Crippen LogP contribution in [0.2, 0.25) is 0 Å². The Morgan fingerprint density at radius 2 is 1.95 bits per heavy atom. The summed E-state index contributed by atoms with van der Waals surface area (Å²) >= 11 is 0. The Morgan fingerprint density at radius 1 is 1.42 bits per heavy atom. The number of nitriles is 1. The molecule has 5 nitrogen and oxygen atoms in total. The highest BCUT2D eigenvalue weighted by Gasteiger charge is 2.30. The number of rotatable bonds is 7. The van der Waals surface area contributed by atoms with Gasteiger partial charge in [0, 0.05) is 6.54 Å². The quantitative estimate of drug-likeness (QED) is 0.720. The zero-order valence-electron chi connectivity index (χ0n) is 13.1. The molecule has 0 heterocycles. The van der Waals surface area contributed by atoms with Gasteiger partial charge in [-0.25, -0.2) is 0 Å². The van der Waals surface area contributed by atoms with Crippen LogP contribution in [0.15, 0.2) is 0 Å². The first-order valence-electron chi connectivity index (χ1n) is 6.67. The number of hydrogen-bond acceptors (Lipinski definition) is 4.